The Balaban J connectivity index is 1.84. The van der Waals surface area contributed by atoms with E-state index in [4.69, 9.17) is 4.74 Å². The third kappa shape index (κ3) is 3.83. The Labute approximate surface area is 117 Å². The van der Waals surface area contributed by atoms with Crippen molar-refractivity contribution in [2.45, 2.75) is 12.6 Å². The quantitative estimate of drug-likeness (QED) is 0.921. The number of aromatic nitrogens is 2. The van der Waals surface area contributed by atoms with Crippen molar-refractivity contribution >= 4 is 16.5 Å². The highest BCUT2D eigenvalue weighted by Crippen LogP contribution is 2.32. The average molecular weight is 303 g/mol. The number of benzene rings is 1. The molecule has 0 radical (unpaired) electrons. The van der Waals surface area contributed by atoms with Crippen LogP contribution in [0.5, 0.6) is 5.75 Å². The molecule has 1 N–H and O–H groups in total. The summed E-state index contributed by atoms with van der Waals surface area (Å²) in [6, 6.07) is 7.48. The first-order chi connectivity index (χ1) is 9.49. The van der Waals surface area contributed by atoms with Gasteiger partial charge in [0.25, 0.3) is 0 Å². The molecular weight excluding hydrogens is 291 g/mol. The van der Waals surface area contributed by atoms with Gasteiger partial charge in [-0.1, -0.05) is 23.5 Å². The average Bonchev–Trinajstić information content (AvgIpc) is 2.88. The molecule has 4 nitrogen and oxygen atoms in total. The van der Waals surface area contributed by atoms with Gasteiger partial charge < -0.3 is 10.1 Å². The molecule has 0 bridgehead atoms. The molecular formula is C12H12F3N3OS. The first-order valence-electron chi connectivity index (χ1n) is 5.76. The fourth-order valence-electron chi connectivity index (χ4n) is 1.52. The Bertz CT molecular complexity index is 554. The minimum atomic E-state index is -4.44. The van der Waals surface area contributed by atoms with Crippen LogP contribution in [0.2, 0.25) is 0 Å². The maximum Gasteiger partial charge on any atom is 0.445 e. The lowest BCUT2D eigenvalue weighted by Gasteiger charge is -2.04. The number of nitrogens with zero attached hydrogens (tertiary/aromatic N) is 2. The maximum atomic E-state index is 12.3. The zero-order valence-electron chi connectivity index (χ0n) is 10.6. The number of halogens is 3. The number of anilines is 1. The van der Waals surface area contributed by atoms with E-state index in [9.17, 15) is 13.2 Å². The summed E-state index contributed by atoms with van der Waals surface area (Å²) in [5.41, 5.74) is 1.05. The lowest BCUT2D eigenvalue weighted by molar-refractivity contribution is -0.138. The van der Waals surface area contributed by atoms with E-state index in [0.29, 0.717) is 24.3 Å². The fraction of sp³-hybridized carbons (Fsp3) is 0.333. The van der Waals surface area contributed by atoms with Gasteiger partial charge in [0.1, 0.15) is 5.75 Å². The molecule has 1 aromatic carbocycles. The van der Waals surface area contributed by atoms with Gasteiger partial charge in [0.2, 0.25) is 10.1 Å². The number of rotatable bonds is 5. The van der Waals surface area contributed by atoms with Crippen molar-refractivity contribution < 1.29 is 17.9 Å². The van der Waals surface area contributed by atoms with Crippen molar-refractivity contribution in [1.82, 2.24) is 10.2 Å². The van der Waals surface area contributed by atoms with Crippen LogP contribution in [0.1, 0.15) is 10.6 Å². The molecule has 0 fully saturated rings. The van der Waals surface area contributed by atoms with Crippen molar-refractivity contribution in [3.63, 3.8) is 0 Å². The molecule has 2 aromatic rings. The summed E-state index contributed by atoms with van der Waals surface area (Å²) in [6.07, 6.45) is -3.77. The number of methoxy groups -OCH3 is 1. The van der Waals surface area contributed by atoms with Gasteiger partial charge in [0.05, 0.1) is 7.11 Å². The molecule has 2 rings (SSSR count). The lowest BCUT2D eigenvalue weighted by Crippen LogP contribution is -2.04. The van der Waals surface area contributed by atoms with Gasteiger partial charge >= 0.3 is 6.18 Å². The van der Waals surface area contributed by atoms with Crippen LogP contribution >= 0.6 is 11.3 Å². The summed E-state index contributed by atoms with van der Waals surface area (Å²) >= 11 is 0.503. The monoisotopic (exact) mass is 303 g/mol. The van der Waals surface area contributed by atoms with Crippen molar-refractivity contribution in [3.8, 4) is 5.75 Å². The highest BCUT2D eigenvalue weighted by atomic mass is 32.1. The highest BCUT2D eigenvalue weighted by molar-refractivity contribution is 7.15. The number of ether oxygens (including phenoxy) is 1. The molecule has 0 amide bonds. The second-order valence-corrected chi connectivity index (χ2v) is 4.91. The van der Waals surface area contributed by atoms with Crippen LogP contribution in [0.15, 0.2) is 24.3 Å². The molecule has 0 aliphatic heterocycles. The summed E-state index contributed by atoms with van der Waals surface area (Å²) in [5.74, 6) is 0.764. The summed E-state index contributed by atoms with van der Waals surface area (Å²) in [5, 5.41) is 8.62. The smallest absolute Gasteiger partial charge is 0.445 e. The summed E-state index contributed by atoms with van der Waals surface area (Å²) in [7, 11) is 1.59. The highest BCUT2D eigenvalue weighted by Gasteiger charge is 2.35. The minimum absolute atomic E-state index is 0.172. The van der Waals surface area contributed by atoms with E-state index in [-0.39, 0.29) is 5.13 Å². The topological polar surface area (TPSA) is 47.0 Å². The van der Waals surface area contributed by atoms with Gasteiger partial charge in [0, 0.05) is 6.54 Å². The Hall–Kier alpha value is -1.83. The number of alkyl halides is 3. The SMILES string of the molecule is COc1ccc(CCNc2nnc(C(F)(F)F)s2)cc1. The fourth-order valence-corrected chi connectivity index (χ4v) is 2.15. The van der Waals surface area contributed by atoms with Crippen molar-refractivity contribution in [2.24, 2.45) is 0 Å². The molecule has 108 valence electrons. The van der Waals surface area contributed by atoms with Gasteiger partial charge in [-0.3, -0.25) is 0 Å². The Kier molecular flexibility index (Phi) is 4.43. The van der Waals surface area contributed by atoms with E-state index in [1.54, 1.807) is 7.11 Å². The van der Waals surface area contributed by atoms with Crippen LogP contribution in [0.4, 0.5) is 18.3 Å². The second-order valence-electron chi connectivity index (χ2n) is 3.93. The molecule has 0 spiro atoms. The molecule has 20 heavy (non-hydrogen) atoms. The van der Waals surface area contributed by atoms with Crippen LogP contribution in [-0.2, 0) is 12.6 Å². The van der Waals surface area contributed by atoms with Crippen LogP contribution in [0, 0.1) is 0 Å². The van der Waals surface area contributed by atoms with Crippen LogP contribution in [0.3, 0.4) is 0 Å². The van der Waals surface area contributed by atoms with E-state index in [2.05, 4.69) is 15.5 Å². The molecule has 1 aromatic heterocycles. The maximum absolute atomic E-state index is 12.3. The summed E-state index contributed by atoms with van der Waals surface area (Å²) in [4.78, 5) is 0. The van der Waals surface area contributed by atoms with E-state index < -0.39 is 11.2 Å². The zero-order chi connectivity index (χ0) is 14.6. The van der Waals surface area contributed by atoms with Gasteiger partial charge in [-0.15, -0.1) is 10.2 Å². The standard InChI is InChI=1S/C12H12F3N3OS/c1-19-9-4-2-8(3-5-9)6-7-16-11-18-17-10(20-11)12(13,14)15/h2-5H,6-7H2,1H3,(H,16,18). The Morgan fingerprint density at radius 1 is 1.20 bits per heavy atom. The van der Waals surface area contributed by atoms with Gasteiger partial charge in [-0.25, -0.2) is 0 Å². The van der Waals surface area contributed by atoms with Crippen LogP contribution in [0.25, 0.3) is 0 Å². The molecule has 8 heteroatoms. The van der Waals surface area contributed by atoms with Crippen molar-refractivity contribution in [1.29, 1.82) is 0 Å². The first-order valence-corrected chi connectivity index (χ1v) is 6.58. The Morgan fingerprint density at radius 2 is 1.90 bits per heavy atom. The zero-order valence-corrected chi connectivity index (χ0v) is 11.4. The van der Waals surface area contributed by atoms with Crippen molar-refractivity contribution in [2.75, 3.05) is 19.0 Å². The van der Waals surface area contributed by atoms with E-state index >= 15 is 0 Å². The molecule has 0 saturated heterocycles. The van der Waals surface area contributed by atoms with Crippen LogP contribution in [-0.4, -0.2) is 23.9 Å². The third-order valence-corrected chi connectivity index (χ3v) is 3.44. The van der Waals surface area contributed by atoms with Crippen LogP contribution < -0.4 is 10.1 Å². The Morgan fingerprint density at radius 3 is 2.45 bits per heavy atom. The normalized spacial score (nSPS) is 11.4. The summed E-state index contributed by atoms with van der Waals surface area (Å²) < 4.78 is 42.0. The van der Waals surface area contributed by atoms with E-state index in [0.717, 1.165) is 11.3 Å². The largest absolute Gasteiger partial charge is 0.497 e. The number of hydrogen-bond acceptors (Lipinski definition) is 5. The molecule has 1 heterocycles. The predicted octanol–water partition coefficient (Wildman–Crippen LogP) is 3.22. The number of nitrogens with one attached hydrogen (secondary N) is 1. The second kappa shape index (κ2) is 6.08. The predicted molar refractivity (Wildman–Crippen MR) is 70.1 cm³/mol. The molecule has 0 saturated carbocycles. The van der Waals surface area contributed by atoms with E-state index in [1.807, 2.05) is 24.3 Å². The molecule has 0 unspecified atom stereocenters. The minimum Gasteiger partial charge on any atom is -0.497 e. The van der Waals surface area contributed by atoms with Gasteiger partial charge in [0.15, 0.2) is 0 Å². The lowest BCUT2D eigenvalue weighted by atomic mass is 10.1. The third-order valence-electron chi connectivity index (χ3n) is 2.52. The van der Waals surface area contributed by atoms with Gasteiger partial charge in [-0.05, 0) is 24.1 Å². The summed E-state index contributed by atoms with van der Waals surface area (Å²) in [6.45, 7) is 0.485. The molecule has 0 atom stereocenters. The number of hydrogen-bond donors (Lipinski definition) is 1. The van der Waals surface area contributed by atoms with Gasteiger partial charge in [-0.2, -0.15) is 13.2 Å². The first kappa shape index (κ1) is 14.6. The molecule has 0 aliphatic rings. The van der Waals surface area contributed by atoms with Crippen molar-refractivity contribution in [3.05, 3.63) is 34.8 Å². The van der Waals surface area contributed by atoms with E-state index in [1.165, 1.54) is 0 Å². The molecule has 0 aliphatic carbocycles.